The summed E-state index contributed by atoms with van der Waals surface area (Å²) in [6.45, 7) is 3.11. The van der Waals surface area contributed by atoms with Gasteiger partial charge < -0.3 is 15.0 Å². The quantitative estimate of drug-likeness (QED) is 0.434. The predicted molar refractivity (Wildman–Crippen MR) is 136 cm³/mol. The first-order valence-corrected chi connectivity index (χ1v) is 11.9. The summed E-state index contributed by atoms with van der Waals surface area (Å²) in [6.07, 6.45) is 7.72. The van der Waals surface area contributed by atoms with Crippen molar-refractivity contribution in [3.8, 4) is 11.4 Å². The van der Waals surface area contributed by atoms with Crippen molar-refractivity contribution in [3.63, 3.8) is 0 Å². The largest absolute Gasteiger partial charge is 0.487 e. The van der Waals surface area contributed by atoms with Crippen LogP contribution in [0.1, 0.15) is 35.0 Å². The molecule has 3 heterocycles. The summed E-state index contributed by atoms with van der Waals surface area (Å²) < 4.78 is 7.93. The van der Waals surface area contributed by atoms with Crippen LogP contribution in [0.15, 0.2) is 67.0 Å². The number of aryl methyl sites for hydroxylation is 1. The van der Waals surface area contributed by atoms with E-state index in [1.165, 1.54) is 11.1 Å². The number of rotatable bonds is 2. The van der Waals surface area contributed by atoms with Gasteiger partial charge in [-0.2, -0.15) is 10.1 Å². The molecule has 8 heteroatoms. The van der Waals surface area contributed by atoms with Gasteiger partial charge in [0.15, 0.2) is 0 Å². The maximum atomic E-state index is 6.14. The molecular weight excluding hydrogens is 438 g/mol. The van der Waals surface area contributed by atoms with E-state index in [2.05, 4.69) is 63.8 Å². The maximum absolute atomic E-state index is 6.14. The zero-order chi connectivity index (χ0) is 23.8. The minimum Gasteiger partial charge on any atom is -0.487 e. The SMILES string of the molecule is Cc1ncnn1-c1ccc2cc1OCC=CCN(C)c1nc(nc3c1CCC3c1ccccc1)N2. The van der Waals surface area contributed by atoms with Gasteiger partial charge >= 0.3 is 0 Å². The van der Waals surface area contributed by atoms with Gasteiger partial charge in [-0.1, -0.05) is 36.4 Å². The van der Waals surface area contributed by atoms with Crippen LogP contribution in [0.4, 0.5) is 17.5 Å². The molecule has 1 N–H and O–H groups in total. The second kappa shape index (κ2) is 8.87. The second-order valence-corrected chi connectivity index (χ2v) is 8.93. The van der Waals surface area contributed by atoms with Crippen LogP contribution in [0.25, 0.3) is 5.69 Å². The van der Waals surface area contributed by atoms with Crippen molar-refractivity contribution in [2.75, 3.05) is 30.4 Å². The van der Waals surface area contributed by atoms with Gasteiger partial charge in [-0.3, -0.25) is 0 Å². The van der Waals surface area contributed by atoms with Crippen molar-refractivity contribution in [1.29, 1.82) is 0 Å². The average Bonchev–Trinajstić information content (AvgIpc) is 3.50. The zero-order valence-corrected chi connectivity index (χ0v) is 19.8. The summed E-state index contributed by atoms with van der Waals surface area (Å²) in [5, 5.41) is 7.79. The summed E-state index contributed by atoms with van der Waals surface area (Å²) in [7, 11) is 2.08. The molecule has 4 bridgehead atoms. The van der Waals surface area contributed by atoms with Gasteiger partial charge in [-0.25, -0.2) is 14.6 Å². The first-order valence-electron chi connectivity index (χ1n) is 11.9. The van der Waals surface area contributed by atoms with Crippen LogP contribution in [-0.4, -0.2) is 44.9 Å². The Morgan fingerprint density at radius 1 is 1.06 bits per heavy atom. The zero-order valence-electron chi connectivity index (χ0n) is 19.8. The molecule has 2 aromatic carbocycles. The molecule has 0 spiro atoms. The molecule has 8 nitrogen and oxygen atoms in total. The Kier molecular flexibility index (Phi) is 5.41. The van der Waals surface area contributed by atoms with E-state index >= 15 is 0 Å². The number of hydrogen-bond acceptors (Lipinski definition) is 7. The Labute approximate surface area is 204 Å². The van der Waals surface area contributed by atoms with Crippen LogP contribution < -0.4 is 15.0 Å². The fourth-order valence-corrected chi connectivity index (χ4v) is 4.90. The third-order valence-electron chi connectivity index (χ3n) is 6.64. The van der Waals surface area contributed by atoms with E-state index in [1.54, 1.807) is 11.0 Å². The Balaban J connectivity index is 1.44. The predicted octanol–water partition coefficient (Wildman–Crippen LogP) is 4.57. The monoisotopic (exact) mass is 465 g/mol. The van der Waals surface area contributed by atoms with E-state index in [-0.39, 0.29) is 5.92 Å². The number of ether oxygens (including phenoxy) is 1. The minimum absolute atomic E-state index is 0.268. The topological polar surface area (TPSA) is 81.0 Å². The van der Waals surface area contributed by atoms with Gasteiger partial charge in [-0.05, 0) is 43.5 Å². The third-order valence-corrected chi connectivity index (χ3v) is 6.64. The number of benzene rings is 2. The molecule has 4 aromatic rings. The normalized spacial score (nSPS) is 17.0. The molecule has 176 valence electrons. The lowest BCUT2D eigenvalue weighted by molar-refractivity contribution is 0.360. The van der Waals surface area contributed by atoms with Crippen molar-refractivity contribution in [3.05, 3.63) is 89.7 Å². The molecule has 1 atom stereocenters. The van der Waals surface area contributed by atoms with E-state index in [0.29, 0.717) is 18.3 Å². The third kappa shape index (κ3) is 4.01. The lowest BCUT2D eigenvalue weighted by Crippen LogP contribution is -2.21. The Morgan fingerprint density at radius 3 is 2.77 bits per heavy atom. The van der Waals surface area contributed by atoms with Gasteiger partial charge in [0.1, 0.15) is 36.0 Å². The Bertz CT molecular complexity index is 1400. The molecule has 0 saturated carbocycles. The van der Waals surface area contributed by atoms with Crippen molar-refractivity contribution < 1.29 is 4.74 Å². The average molecular weight is 466 g/mol. The maximum Gasteiger partial charge on any atom is 0.229 e. The molecule has 0 amide bonds. The van der Waals surface area contributed by atoms with Gasteiger partial charge in [-0.15, -0.1) is 0 Å². The number of likely N-dealkylation sites (N-methyl/N-ethyl adjacent to an activating group) is 1. The number of nitrogens with one attached hydrogen (secondary N) is 1. The fourth-order valence-electron chi connectivity index (χ4n) is 4.90. The highest BCUT2D eigenvalue weighted by Gasteiger charge is 2.30. The van der Waals surface area contributed by atoms with Gasteiger partial charge in [0.05, 0.1) is 5.69 Å². The van der Waals surface area contributed by atoms with Crippen LogP contribution in [0.3, 0.4) is 0 Å². The molecule has 0 saturated heterocycles. The fraction of sp³-hybridized carbons (Fsp3) is 0.259. The molecule has 2 aromatic heterocycles. The van der Waals surface area contributed by atoms with Crippen LogP contribution in [0.2, 0.25) is 0 Å². The highest BCUT2D eigenvalue weighted by Crippen LogP contribution is 2.41. The molecule has 6 rings (SSSR count). The molecule has 35 heavy (non-hydrogen) atoms. The minimum atomic E-state index is 0.268. The van der Waals surface area contributed by atoms with Crippen LogP contribution >= 0.6 is 0 Å². The summed E-state index contributed by atoms with van der Waals surface area (Å²) in [5.41, 5.74) is 5.34. The Hall–Kier alpha value is -4.20. The summed E-state index contributed by atoms with van der Waals surface area (Å²) in [4.78, 5) is 16.4. The highest BCUT2D eigenvalue weighted by molar-refractivity contribution is 5.64. The molecular formula is C27H27N7O. The first kappa shape index (κ1) is 21.3. The standard InChI is InChI=1S/C27H27N7O/c1-18-28-17-29-34(18)23-13-10-20-16-24(23)35-15-7-6-14-33(2)26-22-12-11-21(19-8-4-3-5-9-19)25(22)31-27(30-20)32-26/h3-10,13,16-17,21H,11-12,14-15H2,1-2H3,(H,30,31,32). The van der Waals surface area contributed by atoms with Crippen LogP contribution in [0, 0.1) is 6.92 Å². The molecule has 0 fully saturated rings. The van der Waals surface area contributed by atoms with Crippen molar-refractivity contribution in [1.82, 2.24) is 24.7 Å². The van der Waals surface area contributed by atoms with Gasteiger partial charge in [0.25, 0.3) is 0 Å². The molecule has 0 radical (unpaired) electrons. The van der Waals surface area contributed by atoms with Gasteiger partial charge in [0, 0.05) is 36.8 Å². The number of aromatic nitrogens is 5. The van der Waals surface area contributed by atoms with E-state index in [1.807, 2.05) is 31.2 Å². The molecule has 1 unspecified atom stereocenters. The van der Waals surface area contributed by atoms with Crippen molar-refractivity contribution in [2.24, 2.45) is 0 Å². The van der Waals surface area contributed by atoms with Crippen molar-refractivity contribution >= 4 is 17.5 Å². The van der Waals surface area contributed by atoms with E-state index in [4.69, 9.17) is 14.7 Å². The lowest BCUT2D eigenvalue weighted by Gasteiger charge is -2.21. The van der Waals surface area contributed by atoms with Crippen molar-refractivity contribution in [2.45, 2.75) is 25.7 Å². The summed E-state index contributed by atoms with van der Waals surface area (Å²) >= 11 is 0. The lowest BCUT2D eigenvalue weighted by atomic mass is 9.97. The second-order valence-electron chi connectivity index (χ2n) is 8.93. The summed E-state index contributed by atoms with van der Waals surface area (Å²) in [5.74, 6) is 3.35. The van der Waals surface area contributed by atoms with Crippen LogP contribution in [-0.2, 0) is 6.42 Å². The van der Waals surface area contributed by atoms with E-state index < -0.39 is 0 Å². The van der Waals surface area contributed by atoms with E-state index in [0.717, 1.165) is 48.1 Å². The number of anilines is 3. The number of nitrogens with zero attached hydrogens (tertiary/aromatic N) is 6. The van der Waals surface area contributed by atoms with E-state index in [9.17, 15) is 0 Å². The smallest absolute Gasteiger partial charge is 0.229 e. The number of hydrogen-bond donors (Lipinski definition) is 1. The molecule has 2 aliphatic rings. The Morgan fingerprint density at radius 2 is 1.94 bits per heavy atom. The van der Waals surface area contributed by atoms with Gasteiger partial charge in [0.2, 0.25) is 5.95 Å². The van der Waals surface area contributed by atoms with Crippen LogP contribution in [0.5, 0.6) is 5.75 Å². The summed E-state index contributed by atoms with van der Waals surface area (Å²) in [6, 6.07) is 16.6. The number of fused-ring (bicyclic) bond motifs is 6. The highest BCUT2D eigenvalue weighted by atomic mass is 16.5. The molecule has 1 aliphatic carbocycles. The molecule has 1 aliphatic heterocycles. The first-order chi connectivity index (χ1) is 17.2.